The van der Waals surface area contributed by atoms with E-state index in [0.717, 1.165) is 45.9 Å². The number of nitrogens with zero attached hydrogens (tertiary/aromatic N) is 1. The van der Waals surface area contributed by atoms with E-state index in [9.17, 15) is 0 Å². The van der Waals surface area contributed by atoms with Crippen molar-refractivity contribution in [3.63, 3.8) is 0 Å². The lowest BCUT2D eigenvalue weighted by Crippen LogP contribution is -2.27. The van der Waals surface area contributed by atoms with Crippen LogP contribution in [0.3, 0.4) is 0 Å². The first-order valence-corrected chi connectivity index (χ1v) is 8.28. The van der Waals surface area contributed by atoms with Crippen molar-refractivity contribution in [2.24, 2.45) is 0 Å². The van der Waals surface area contributed by atoms with Gasteiger partial charge in [0.25, 0.3) is 0 Å². The average molecular weight is 343 g/mol. The number of nitrogens with one attached hydrogen (secondary N) is 1. The van der Waals surface area contributed by atoms with Gasteiger partial charge in [-0.05, 0) is 37.2 Å². The molecule has 0 saturated heterocycles. The van der Waals surface area contributed by atoms with Crippen molar-refractivity contribution in [2.45, 2.75) is 33.9 Å². The Hall–Kier alpha value is -0.420. The van der Waals surface area contributed by atoms with Crippen molar-refractivity contribution in [1.29, 1.82) is 0 Å². The summed E-state index contributed by atoms with van der Waals surface area (Å²) in [7, 11) is 0. The third-order valence-corrected chi connectivity index (χ3v) is 4.03. The molecule has 1 N–H and O–H groups in total. The maximum absolute atomic E-state index is 5.44. The second kappa shape index (κ2) is 10.3. The number of hydrogen-bond donors (Lipinski definition) is 1. The van der Waals surface area contributed by atoms with Gasteiger partial charge in [-0.25, -0.2) is 0 Å². The van der Waals surface area contributed by atoms with Crippen LogP contribution < -0.4 is 5.32 Å². The first kappa shape index (κ1) is 17.6. The van der Waals surface area contributed by atoms with E-state index in [1.165, 1.54) is 15.6 Å². The predicted octanol–water partition coefficient (Wildman–Crippen LogP) is 3.42. The zero-order chi connectivity index (χ0) is 14.8. The molecule has 0 amide bonds. The second-order valence-corrected chi connectivity index (χ2v) is 5.63. The van der Waals surface area contributed by atoms with Crippen molar-refractivity contribution in [3.05, 3.63) is 33.8 Å². The van der Waals surface area contributed by atoms with Crippen LogP contribution >= 0.6 is 15.9 Å². The highest BCUT2D eigenvalue weighted by atomic mass is 79.9. The molecular formula is C16H27BrN2O. The smallest absolute Gasteiger partial charge is 0.0593 e. The molecule has 1 aromatic rings. The van der Waals surface area contributed by atoms with Crippen LogP contribution in [-0.2, 0) is 17.8 Å². The molecule has 0 heterocycles. The minimum Gasteiger partial charge on any atom is -0.380 e. The highest BCUT2D eigenvalue weighted by molar-refractivity contribution is 9.10. The average Bonchev–Trinajstić information content (AvgIpc) is 2.46. The van der Waals surface area contributed by atoms with Crippen molar-refractivity contribution in [3.8, 4) is 0 Å². The molecule has 0 radical (unpaired) electrons. The fraction of sp³-hybridized carbons (Fsp3) is 0.625. The summed E-state index contributed by atoms with van der Waals surface area (Å²) in [6.07, 6.45) is 0. The Bertz CT molecular complexity index is 385. The van der Waals surface area contributed by atoms with Crippen LogP contribution in [0.2, 0.25) is 0 Å². The zero-order valence-corrected chi connectivity index (χ0v) is 14.5. The number of halogens is 1. The Morgan fingerprint density at radius 3 is 2.65 bits per heavy atom. The van der Waals surface area contributed by atoms with Gasteiger partial charge in [0, 0.05) is 30.7 Å². The van der Waals surface area contributed by atoms with E-state index < -0.39 is 0 Å². The number of hydrogen-bond acceptors (Lipinski definition) is 3. The fourth-order valence-electron chi connectivity index (χ4n) is 2.03. The molecule has 0 aromatic heterocycles. The molecule has 3 nitrogen and oxygen atoms in total. The first-order valence-electron chi connectivity index (χ1n) is 7.49. The minimum absolute atomic E-state index is 0.792. The molecule has 20 heavy (non-hydrogen) atoms. The van der Waals surface area contributed by atoms with Crippen LogP contribution in [0.25, 0.3) is 0 Å². The topological polar surface area (TPSA) is 24.5 Å². The maximum atomic E-state index is 5.44. The second-order valence-electron chi connectivity index (χ2n) is 4.77. The van der Waals surface area contributed by atoms with Crippen molar-refractivity contribution >= 4 is 15.9 Å². The van der Waals surface area contributed by atoms with E-state index in [4.69, 9.17) is 4.74 Å². The third kappa shape index (κ3) is 6.35. The number of rotatable bonds is 10. The standard InChI is InChI=1S/C16H27BrN2O/c1-4-18-12-14-7-8-15(16(17)11-14)13-19(5-2)9-10-20-6-3/h7-8,11,18H,4-6,9-10,12-13H2,1-3H3. The van der Waals surface area contributed by atoms with Crippen LogP contribution in [-0.4, -0.2) is 37.7 Å². The Morgan fingerprint density at radius 2 is 2.05 bits per heavy atom. The molecule has 0 spiro atoms. The summed E-state index contributed by atoms with van der Waals surface area (Å²) < 4.78 is 6.63. The number of benzene rings is 1. The van der Waals surface area contributed by atoms with E-state index in [1.54, 1.807) is 0 Å². The summed E-state index contributed by atoms with van der Waals surface area (Å²) in [6, 6.07) is 6.65. The normalized spacial score (nSPS) is 11.2. The van der Waals surface area contributed by atoms with Crippen molar-refractivity contribution in [1.82, 2.24) is 10.2 Å². The Labute approximate surface area is 131 Å². The molecule has 0 atom stereocenters. The molecule has 0 aliphatic heterocycles. The predicted molar refractivity (Wildman–Crippen MR) is 89.0 cm³/mol. The van der Waals surface area contributed by atoms with E-state index in [0.29, 0.717) is 0 Å². The molecule has 1 rings (SSSR count). The molecule has 0 saturated carbocycles. The maximum Gasteiger partial charge on any atom is 0.0593 e. The summed E-state index contributed by atoms with van der Waals surface area (Å²) in [6.45, 7) is 12.9. The van der Waals surface area contributed by atoms with Gasteiger partial charge in [-0.2, -0.15) is 0 Å². The lowest BCUT2D eigenvalue weighted by molar-refractivity contribution is 0.113. The Kier molecular flexibility index (Phi) is 9.10. The van der Waals surface area contributed by atoms with Gasteiger partial charge in [0.05, 0.1) is 6.61 Å². The van der Waals surface area contributed by atoms with E-state index in [1.807, 2.05) is 6.92 Å². The summed E-state index contributed by atoms with van der Waals surface area (Å²) in [5.41, 5.74) is 2.66. The third-order valence-electron chi connectivity index (χ3n) is 3.29. The van der Waals surface area contributed by atoms with E-state index >= 15 is 0 Å². The van der Waals surface area contributed by atoms with E-state index in [-0.39, 0.29) is 0 Å². The van der Waals surface area contributed by atoms with Gasteiger partial charge in [-0.3, -0.25) is 4.90 Å². The van der Waals surface area contributed by atoms with Crippen LogP contribution in [0.15, 0.2) is 22.7 Å². The molecule has 0 aliphatic rings. The summed E-state index contributed by atoms with van der Waals surface area (Å²) in [4.78, 5) is 2.40. The van der Waals surface area contributed by atoms with Gasteiger partial charge in [0.15, 0.2) is 0 Å². The highest BCUT2D eigenvalue weighted by Gasteiger charge is 2.07. The van der Waals surface area contributed by atoms with Crippen LogP contribution in [0.4, 0.5) is 0 Å². The zero-order valence-electron chi connectivity index (χ0n) is 12.9. The Balaban J connectivity index is 2.56. The van der Waals surface area contributed by atoms with Crippen molar-refractivity contribution in [2.75, 3.05) is 32.8 Å². The number of likely N-dealkylation sites (N-methyl/N-ethyl adjacent to an activating group) is 1. The largest absolute Gasteiger partial charge is 0.380 e. The van der Waals surface area contributed by atoms with E-state index in [2.05, 4.69) is 58.2 Å². The first-order chi connectivity index (χ1) is 9.71. The van der Waals surface area contributed by atoms with Crippen LogP contribution in [0.1, 0.15) is 31.9 Å². The number of ether oxygens (including phenoxy) is 1. The highest BCUT2D eigenvalue weighted by Crippen LogP contribution is 2.20. The summed E-state index contributed by atoms with van der Waals surface area (Å²) in [5.74, 6) is 0. The molecule has 0 fully saturated rings. The van der Waals surface area contributed by atoms with Crippen molar-refractivity contribution < 1.29 is 4.74 Å². The fourth-order valence-corrected chi connectivity index (χ4v) is 2.58. The molecule has 4 heteroatoms. The van der Waals surface area contributed by atoms with Gasteiger partial charge in [-0.1, -0.05) is 41.9 Å². The van der Waals surface area contributed by atoms with Crippen LogP contribution in [0.5, 0.6) is 0 Å². The lowest BCUT2D eigenvalue weighted by atomic mass is 10.1. The summed E-state index contributed by atoms with van der Waals surface area (Å²) >= 11 is 3.69. The monoisotopic (exact) mass is 342 g/mol. The molecule has 0 aliphatic carbocycles. The van der Waals surface area contributed by atoms with Gasteiger partial charge in [0.2, 0.25) is 0 Å². The molecule has 1 aromatic carbocycles. The molecule has 0 bridgehead atoms. The van der Waals surface area contributed by atoms with Gasteiger partial charge < -0.3 is 10.1 Å². The summed E-state index contributed by atoms with van der Waals surface area (Å²) in [5, 5.41) is 3.35. The van der Waals surface area contributed by atoms with Crippen LogP contribution in [0, 0.1) is 0 Å². The minimum atomic E-state index is 0.792. The molecular weight excluding hydrogens is 316 g/mol. The molecule has 0 unspecified atom stereocenters. The van der Waals surface area contributed by atoms with Gasteiger partial charge >= 0.3 is 0 Å². The van der Waals surface area contributed by atoms with Gasteiger partial charge in [0.1, 0.15) is 0 Å². The quantitative estimate of drug-likeness (QED) is 0.659. The molecule has 114 valence electrons. The SMILES string of the molecule is CCNCc1ccc(CN(CC)CCOCC)c(Br)c1. The lowest BCUT2D eigenvalue weighted by Gasteiger charge is -2.21. The van der Waals surface area contributed by atoms with Gasteiger partial charge in [-0.15, -0.1) is 0 Å². The Morgan fingerprint density at radius 1 is 1.25 bits per heavy atom.